The molecule has 1 amide bonds. The number of H-pyrrole nitrogens is 1. The summed E-state index contributed by atoms with van der Waals surface area (Å²) in [7, 11) is 0. The number of aromatic nitrogens is 1. The molecule has 0 saturated carbocycles. The standard InChI is InChI=1S/C18H18N2O2.2H2O.Sc/c1-5-13(4)19-17(21)15-8-9-16(20-18(15)22)14-7-6-11(2)12(3)10-14;;;/h1,5-10,13H,4H2,2-3H3,(H,19,21)(H,20,22);2*1H2;/q-2;;;. The minimum atomic E-state index is -0.550. The molecule has 6 nitrogen and oxygen atoms in total. The second kappa shape index (κ2) is 10.9. The van der Waals surface area contributed by atoms with Gasteiger partial charge in [0, 0.05) is 31.5 Å². The molecule has 0 bridgehead atoms. The van der Waals surface area contributed by atoms with Gasteiger partial charge in [-0.2, -0.15) is 0 Å². The van der Waals surface area contributed by atoms with Crippen molar-refractivity contribution in [2.24, 2.45) is 0 Å². The van der Waals surface area contributed by atoms with Crippen LogP contribution in [-0.4, -0.2) is 27.9 Å². The summed E-state index contributed by atoms with van der Waals surface area (Å²) in [6.07, 6.45) is 1.25. The van der Waals surface area contributed by atoms with Gasteiger partial charge in [0.15, 0.2) is 0 Å². The number of hydrogen-bond donors (Lipinski definition) is 2. The Morgan fingerprint density at radius 3 is 2.36 bits per heavy atom. The van der Waals surface area contributed by atoms with E-state index >= 15 is 0 Å². The SMILES string of the molecule is O.O.[CH-]=CC([CH2-])NC(=O)c1ccc(-c2ccc(C)c(C)c2)[nH]c1=O.[Sc]. The molecule has 0 aliphatic rings. The Hall–Kier alpha value is -1.83. The van der Waals surface area contributed by atoms with Crippen LogP contribution in [-0.2, 0) is 25.8 Å². The van der Waals surface area contributed by atoms with Crippen LogP contribution >= 0.6 is 0 Å². The minimum Gasteiger partial charge on any atom is -0.519 e. The van der Waals surface area contributed by atoms with Crippen LogP contribution in [0.2, 0.25) is 0 Å². The molecule has 0 fully saturated rings. The molecule has 2 rings (SSSR count). The predicted molar refractivity (Wildman–Crippen MR) is 94.7 cm³/mol. The Balaban J connectivity index is 0. The molecule has 0 aliphatic heterocycles. The maximum atomic E-state index is 12.1. The summed E-state index contributed by atoms with van der Waals surface area (Å²) in [6.45, 7) is 12.9. The number of aryl methyl sites for hydroxylation is 2. The van der Waals surface area contributed by atoms with E-state index in [-0.39, 0.29) is 42.4 Å². The van der Waals surface area contributed by atoms with Crippen LogP contribution < -0.4 is 10.9 Å². The zero-order valence-electron chi connectivity index (χ0n) is 14.2. The van der Waals surface area contributed by atoms with E-state index < -0.39 is 17.5 Å². The largest absolute Gasteiger partial charge is 0.519 e. The van der Waals surface area contributed by atoms with Crippen molar-refractivity contribution in [3.63, 3.8) is 0 Å². The van der Waals surface area contributed by atoms with E-state index in [0.29, 0.717) is 5.69 Å². The van der Waals surface area contributed by atoms with Crippen molar-refractivity contribution in [3.8, 4) is 11.3 Å². The molecule has 1 aromatic heterocycles. The van der Waals surface area contributed by atoms with Gasteiger partial charge in [-0.3, -0.25) is 15.7 Å². The molecule has 133 valence electrons. The van der Waals surface area contributed by atoms with Crippen LogP contribution in [0.15, 0.2) is 41.2 Å². The number of amides is 1. The van der Waals surface area contributed by atoms with Crippen molar-refractivity contribution < 1.29 is 41.6 Å². The van der Waals surface area contributed by atoms with E-state index in [1.54, 1.807) is 6.07 Å². The summed E-state index contributed by atoms with van der Waals surface area (Å²) in [5, 5.41) is 2.51. The van der Waals surface area contributed by atoms with E-state index in [4.69, 9.17) is 6.58 Å². The average molecular weight is 375 g/mol. The number of carbonyl (C=O) groups excluding carboxylic acids is 1. The fraction of sp³-hybridized carbons (Fsp3) is 0.167. The molecule has 25 heavy (non-hydrogen) atoms. The molecule has 0 spiro atoms. The topological polar surface area (TPSA) is 125 Å². The van der Waals surface area contributed by atoms with Gasteiger partial charge in [-0.15, -0.1) is 6.04 Å². The molecule has 1 aromatic carbocycles. The zero-order chi connectivity index (χ0) is 16.3. The maximum absolute atomic E-state index is 12.1. The number of aromatic amines is 1. The second-order valence-corrected chi connectivity index (χ2v) is 5.19. The summed E-state index contributed by atoms with van der Waals surface area (Å²) in [5.74, 6) is -0.505. The van der Waals surface area contributed by atoms with Gasteiger partial charge in [-0.25, -0.2) is 0 Å². The third-order valence-electron chi connectivity index (χ3n) is 3.52. The molecule has 1 radical (unpaired) electrons. The van der Waals surface area contributed by atoms with Gasteiger partial charge in [-0.1, -0.05) is 12.1 Å². The van der Waals surface area contributed by atoms with Crippen molar-refractivity contribution in [2.45, 2.75) is 19.9 Å². The average Bonchev–Trinajstić information content (AvgIpc) is 2.49. The van der Waals surface area contributed by atoms with Gasteiger partial charge in [0.2, 0.25) is 0 Å². The summed E-state index contributed by atoms with van der Waals surface area (Å²) in [6, 6.07) is 8.59. The Labute approximate surface area is 165 Å². The Morgan fingerprint density at radius 2 is 1.84 bits per heavy atom. The first-order valence-electron chi connectivity index (χ1n) is 6.92. The number of hydrogen-bond acceptors (Lipinski definition) is 2. The quantitative estimate of drug-likeness (QED) is 0.772. The third kappa shape index (κ3) is 6.19. The van der Waals surface area contributed by atoms with Crippen molar-refractivity contribution >= 4 is 5.91 Å². The molecule has 1 unspecified atom stereocenters. The van der Waals surface area contributed by atoms with Crippen molar-refractivity contribution in [1.82, 2.24) is 10.3 Å². The minimum absolute atomic E-state index is 0. The fourth-order valence-electron chi connectivity index (χ4n) is 2.02. The van der Waals surface area contributed by atoms with Gasteiger partial charge >= 0.3 is 0 Å². The summed E-state index contributed by atoms with van der Waals surface area (Å²) in [4.78, 5) is 26.8. The van der Waals surface area contributed by atoms with Crippen LogP contribution in [0.5, 0.6) is 0 Å². The van der Waals surface area contributed by atoms with Crippen molar-refractivity contribution in [3.05, 3.63) is 77.0 Å². The first-order valence-corrected chi connectivity index (χ1v) is 6.92. The normalized spacial score (nSPS) is 10.4. The van der Waals surface area contributed by atoms with Gasteiger partial charge in [0.05, 0.1) is 0 Å². The van der Waals surface area contributed by atoms with Crippen LogP contribution in [0.3, 0.4) is 0 Å². The van der Waals surface area contributed by atoms with Crippen molar-refractivity contribution in [1.29, 1.82) is 0 Å². The Morgan fingerprint density at radius 1 is 1.20 bits per heavy atom. The molecule has 0 saturated heterocycles. The van der Waals surface area contributed by atoms with Crippen LogP contribution in [0.1, 0.15) is 21.5 Å². The smallest absolute Gasteiger partial charge is 0.261 e. The summed E-state index contributed by atoms with van der Waals surface area (Å²) < 4.78 is 0. The number of pyridine rings is 1. The molecule has 7 heteroatoms. The third-order valence-corrected chi connectivity index (χ3v) is 3.52. The fourth-order valence-corrected chi connectivity index (χ4v) is 2.02. The number of carbonyl (C=O) groups is 1. The monoisotopic (exact) mass is 375 g/mol. The van der Waals surface area contributed by atoms with E-state index in [0.717, 1.165) is 11.1 Å². The van der Waals surface area contributed by atoms with E-state index in [1.807, 2.05) is 32.0 Å². The first-order chi connectivity index (χ1) is 10.4. The van der Waals surface area contributed by atoms with E-state index in [1.165, 1.54) is 17.7 Å². The number of benzene rings is 1. The summed E-state index contributed by atoms with van der Waals surface area (Å²) >= 11 is 0. The van der Waals surface area contributed by atoms with Crippen LogP contribution in [0, 0.1) is 27.4 Å². The van der Waals surface area contributed by atoms with Gasteiger partial charge in [0.1, 0.15) is 5.56 Å². The molecular formula is C18H22N2O4Sc-2. The van der Waals surface area contributed by atoms with Crippen LogP contribution in [0.25, 0.3) is 11.3 Å². The molecule has 1 atom stereocenters. The van der Waals surface area contributed by atoms with Crippen LogP contribution in [0.4, 0.5) is 0 Å². The first kappa shape index (κ1) is 25.4. The Bertz CT molecular complexity index is 787. The number of nitrogens with one attached hydrogen (secondary N) is 2. The van der Waals surface area contributed by atoms with Gasteiger partial charge in [0.25, 0.3) is 11.5 Å². The van der Waals surface area contributed by atoms with Gasteiger partial charge < -0.3 is 34.8 Å². The molecular weight excluding hydrogens is 353 g/mol. The van der Waals surface area contributed by atoms with E-state index in [2.05, 4.69) is 17.2 Å². The van der Waals surface area contributed by atoms with Crippen molar-refractivity contribution in [2.75, 3.05) is 0 Å². The number of rotatable bonds is 4. The molecule has 1 heterocycles. The molecule has 2 aromatic rings. The predicted octanol–water partition coefficient (Wildman–Crippen LogP) is 0.929. The zero-order valence-corrected chi connectivity index (χ0v) is 16.0. The second-order valence-electron chi connectivity index (χ2n) is 5.19. The van der Waals surface area contributed by atoms with E-state index in [9.17, 15) is 9.59 Å². The molecule has 6 N–H and O–H groups in total. The summed E-state index contributed by atoms with van der Waals surface area (Å²) in [5.41, 5.74) is 3.47. The Kier molecular flexibility index (Phi) is 11.1. The maximum Gasteiger partial charge on any atom is 0.261 e. The van der Waals surface area contributed by atoms with Gasteiger partial charge in [-0.05, 0) is 48.7 Å². The molecule has 0 aliphatic carbocycles.